The summed E-state index contributed by atoms with van der Waals surface area (Å²) >= 11 is 3.74. The molecule has 3 aromatic rings. The molecule has 0 unspecified atom stereocenters. The Morgan fingerprint density at radius 2 is 2.29 bits per heavy atom. The lowest BCUT2D eigenvalue weighted by atomic mass is 10.0. The molecule has 38 heavy (non-hydrogen) atoms. The molecule has 2 amide bonds. The second-order valence-corrected chi connectivity index (χ2v) is 10.9. The lowest BCUT2D eigenvalue weighted by molar-refractivity contribution is -0.685. The Morgan fingerprint density at radius 1 is 1.47 bits per heavy atom. The van der Waals surface area contributed by atoms with Crippen LogP contribution in [0.5, 0.6) is 0 Å². The summed E-state index contributed by atoms with van der Waals surface area (Å²) in [7, 11) is 0. The Labute approximate surface area is 226 Å². The second kappa shape index (κ2) is 10.5. The molecular formula is C21H20FN8O5S3+. The Morgan fingerprint density at radius 3 is 2.97 bits per heavy atom. The van der Waals surface area contributed by atoms with Gasteiger partial charge in [0.15, 0.2) is 5.13 Å². The van der Waals surface area contributed by atoms with E-state index in [0.717, 1.165) is 27.0 Å². The van der Waals surface area contributed by atoms with Crippen LogP contribution < -0.4 is 15.6 Å². The lowest BCUT2D eigenvalue weighted by Crippen LogP contribution is -2.71. The summed E-state index contributed by atoms with van der Waals surface area (Å²) in [5.74, 6) is -2.62. The number of aromatic nitrogens is 4. The number of carbonyl (C=O) groups is 3. The third-order valence-corrected chi connectivity index (χ3v) is 8.55. The molecule has 198 valence electrons. The largest absolute Gasteiger partial charge is 0.477 e. The summed E-state index contributed by atoms with van der Waals surface area (Å²) in [5, 5.41) is 17.2. The summed E-state index contributed by atoms with van der Waals surface area (Å²) in [6.07, 6.45) is 7.50. The van der Waals surface area contributed by atoms with Gasteiger partial charge in [-0.2, -0.15) is 13.8 Å². The van der Waals surface area contributed by atoms with E-state index >= 15 is 0 Å². The number of hydrogen-bond donors (Lipinski definition) is 3. The fourth-order valence-corrected chi connectivity index (χ4v) is 6.66. The van der Waals surface area contributed by atoms with Crippen molar-refractivity contribution in [3.8, 4) is 0 Å². The highest BCUT2D eigenvalue weighted by atomic mass is 32.2. The molecule has 0 bridgehead atoms. The summed E-state index contributed by atoms with van der Waals surface area (Å²) in [6, 6.07) is -1.04. The minimum atomic E-state index is -1.30. The molecule has 2 aliphatic heterocycles. The number of carboxylic acid groups (broad SMARTS) is 1. The quantitative estimate of drug-likeness (QED) is 0.143. The molecule has 5 rings (SSSR count). The Bertz CT molecular complexity index is 1530. The predicted molar refractivity (Wildman–Crippen MR) is 137 cm³/mol. The zero-order valence-corrected chi connectivity index (χ0v) is 22.1. The summed E-state index contributed by atoms with van der Waals surface area (Å²) in [6.45, 7) is 1.23. The van der Waals surface area contributed by atoms with Crippen molar-refractivity contribution in [3.05, 3.63) is 52.8 Å². The van der Waals surface area contributed by atoms with Gasteiger partial charge in [-0.05, 0) is 18.6 Å². The molecule has 3 aromatic heterocycles. The van der Waals surface area contributed by atoms with E-state index in [1.165, 1.54) is 11.8 Å². The maximum atomic E-state index is 13.0. The fourth-order valence-electron chi connectivity index (χ4n) is 4.00. The molecule has 0 radical (unpaired) electrons. The first-order valence-corrected chi connectivity index (χ1v) is 13.7. The van der Waals surface area contributed by atoms with Crippen LogP contribution in [0.15, 0.2) is 46.5 Å². The van der Waals surface area contributed by atoms with E-state index in [1.54, 1.807) is 17.4 Å². The number of nitrogens with two attached hydrogens (primary N) is 1. The van der Waals surface area contributed by atoms with Crippen LogP contribution in [-0.2, 0) is 25.8 Å². The molecule has 13 nitrogen and oxygen atoms in total. The number of anilines is 1. The molecule has 0 spiro atoms. The third-order valence-electron chi connectivity index (χ3n) is 5.70. The van der Waals surface area contributed by atoms with E-state index in [2.05, 4.69) is 34.4 Å². The number of β-lactam (4-membered cyclic amide) rings is 1. The molecule has 0 aliphatic carbocycles. The number of aliphatic carboxylic acids is 1. The second-order valence-electron chi connectivity index (χ2n) is 8.10. The van der Waals surface area contributed by atoms with Gasteiger partial charge in [-0.1, -0.05) is 22.6 Å². The molecule has 0 aromatic carbocycles. The van der Waals surface area contributed by atoms with E-state index in [0.29, 0.717) is 17.9 Å². The number of nitrogens with zero attached hydrogens (tertiary/aromatic N) is 6. The van der Waals surface area contributed by atoms with Gasteiger partial charge in [-0.3, -0.25) is 14.5 Å². The number of aryl methyl sites for hydroxylation is 1. The van der Waals surface area contributed by atoms with Crippen LogP contribution in [0.2, 0.25) is 0 Å². The number of rotatable bonds is 9. The van der Waals surface area contributed by atoms with Gasteiger partial charge in [0.05, 0.1) is 0 Å². The van der Waals surface area contributed by atoms with Crippen LogP contribution in [-0.4, -0.2) is 71.3 Å². The topological polar surface area (TPSA) is 168 Å². The fraction of sp³-hybridized carbons (Fsp3) is 0.286. The highest BCUT2D eigenvalue weighted by Crippen LogP contribution is 2.40. The molecule has 4 N–H and O–H groups in total. The molecule has 2 atom stereocenters. The normalized spacial score (nSPS) is 19.7. The van der Waals surface area contributed by atoms with Gasteiger partial charge in [0, 0.05) is 22.7 Å². The summed E-state index contributed by atoms with van der Waals surface area (Å²) < 4.78 is 20.4. The first kappa shape index (κ1) is 25.8. The van der Waals surface area contributed by atoms with E-state index in [9.17, 15) is 23.9 Å². The van der Waals surface area contributed by atoms with Crippen LogP contribution in [0.4, 0.5) is 9.52 Å². The van der Waals surface area contributed by atoms with Gasteiger partial charge in [-0.15, -0.1) is 11.8 Å². The van der Waals surface area contributed by atoms with Crippen LogP contribution >= 0.6 is 34.6 Å². The van der Waals surface area contributed by atoms with Crippen molar-refractivity contribution >= 4 is 68.1 Å². The van der Waals surface area contributed by atoms with Crippen LogP contribution in [0.25, 0.3) is 4.83 Å². The van der Waals surface area contributed by atoms with Crippen LogP contribution in [0.3, 0.4) is 0 Å². The maximum absolute atomic E-state index is 13.0. The number of hydrogen-bond acceptors (Lipinski definition) is 11. The lowest BCUT2D eigenvalue weighted by Gasteiger charge is -2.49. The number of allylic oxidation sites excluding steroid dienone is 2. The van der Waals surface area contributed by atoms with E-state index < -0.39 is 41.8 Å². The highest BCUT2D eigenvalue weighted by molar-refractivity contribution is 8.00. The zero-order chi connectivity index (χ0) is 27.0. The number of oxime groups is 1. The molecule has 2 aliphatic rings. The van der Waals surface area contributed by atoms with Crippen LogP contribution in [0.1, 0.15) is 11.5 Å². The first-order valence-electron chi connectivity index (χ1n) is 11.0. The van der Waals surface area contributed by atoms with Crippen molar-refractivity contribution in [2.45, 2.75) is 24.9 Å². The van der Waals surface area contributed by atoms with Crippen molar-refractivity contribution in [1.82, 2.24) is 24.0 Å². The number of nitrogen functional groups attached to an aromatic ring is 1. The standard InChI is InChI=1S/C21H19FN8O5S3/c1-10-6-36-12-5-28(9-29(10)12)4-2-3-11-7-37-19-14(18(32)30(19)15(11)20(33)34)24-17(31)13(26-35-8-22)16-25-21(23)38-27-16/h2-3,5-6,9,14,19H,4,7-8H2,1H3,(H3-,23,24,25,27,31,33,34)/p+1/b3-2?,26-13-/t14-,19-/m1/s1. The molecule has 5 heterocycles. The van der Waals surface area contributed by atoms with Gasteiger partial charge < -0.3 is 21.0 Å². The number of alkyl halides is 1. The van der Waals surface area contributed by atoms with Crippen molar-refractivity contribution < 1.29 is 33.3 Å². The van der Waals surface area contributed by atoms with Crippen molar-refractivity contribution in [2.24, 2.45) is 5.16 Å². The monoisotopic (exact) mass is 579 g/mol. The molecule has 17 heteroatoms. The van der Waals surface area contributed by atoms with E-state index in [4.69, 9.17) is 5.73 Å². The summed E-state index contributed by atoms with van der Waals surface area (Å²) in [5.41, 5.74) is 6.55. The Balaban J connectivity index is 1.30. The average Bonchev–Trinajstić information content (AvgIpc) is 3.59. The van der Waals surface area contributed by atoms with Gasteiger partial charge in [0.2, 0.25) is 22.7 Å². The van der Waals surface area contributed by atoms with E-state index in [1.807, 2.05) is 30.1 Å². The average molecular weight is 580 g/mol. The number of fused-ring (bicyclic) bond motifs is 2. The number of thioether (sulfide) groups is 1. The smallest absolute Gasteiger partial charge is 0.352 e. The number of nitrogens with one attached hydrogen (secondary N) is 1. The van der Waals surface area contributed by atoms with Crippen molar-refractivity contribution in [2.75, 3.05) is 18.3 Å². The first-order chi connectivity index (χ1) is 18.3. The van der Waals surface area contributed by atoms with Crippen molar-refractivity contribution in [1.29, 1.82) is 0 Å². The maximum Gasteiger partial charge on any atom is 0.352 e. The minimum Gasteiger partial charge on any atom is -0.477 e. The van der Waals surface area contributed by atoms with E-state index in [-0.39, 0.29) is 16.7 Å². The van der Waals surface area contributed by atoms with Gasteiger partial charge in [0.25, 0.3) is 18.7 Å². The highest BCUT2D eigenvalue weighted by Gasteiger charge is 2.54. The minimum absolute atomic E-state index is 0.0526. The number of carbonyl (C=O) groups excluding carboxylic acids is 2. The van der Waals surface area contributed by atoms with Gasteiger partial charge in [0.1, 0.15) is 35.5 Å². The number of carboxylic acids is 1. The Hall–Kier alpha value is -3.83. The summed E-state index contributed by atoms with van der Waals surface area (Å²) in [4.78, 5) is 48.3. The van der Waals surface area contributed by atoms with Crippen LogP contribution in [0, 0.1) is 6.92 Å². The van der Waals surface area contributed by atoms with Gasteiger partial charge in [-0.25, -0.2) is 13.8 Å². The number of halogens is 1. The molecular weight excluding hydrogens is 559 g/mol. The zero-order valence-electron chi connectivity index (χ0n) is 19.6. The number of amides is 2. The molecule has 1 saturated heterocycles. The van der Waals surface area contributed by atoms with Gasteiger partial charge >= 0.3 is 5.97 Å². The number of imidazole rings is 1. The predicted octanol–water partition coefficient (Wildman–Crippen LogP) is 0.673. The third kappa shape index (κ3) is 4.74. The number of thiazole rings is 1. The SMILES string of the molecule is Cc1csc2c[n+](CC=CC3=C(C(=O)O)N4C(=O)[C@@H](NC(=O)/C(=N\OCF)c5nsc(N)n5)[C@H]4SC3)cn12. The van der Waals surface area contributed by atoms with Crippen molar-refractivity contribution in [3.63, 3.8) is 0 Å². The molecule has 0 saturated carbocycles. The molecule has 1 fully saturated rings. The Kier molecular flexibility index (Phi) is 7.13.